The number of Topliss-reactive ketones (excluding diaryl/α,β-unsaturated/α-hetero) is 1. The van der Waals surface area contributed by atoms with Gasteiger partial charge in [-0.15, -0.1) is 0 Å². The highest BCUT2D eigenvalue weighted by Crippen LogP contribution is 2.36. The number of carbonyl (C=O) groups is 3. The van der Waals surface area contributed by atoms with E-state index in [0.29, 0.717) is 23.2 Å². The second-order valence-corrected chi connectivity index (χ2v) is 9.71. The van der Waals surface area contributed by atoms with Crippen LogP contribution in [-0.2, 0) is 16.0 Å². The molecular formula is C29H31N5O3. The zero-order valence-electron chi connectivity index (χ0n) is 21.5. The largest absolute Gasteiger partial charge is 0.349 e. The van der Waals surface area contributed by atoms with E-state index in [1.165, 1.54) is 11.8 Å². The van der Waals surface area contributed by atoms with Crippen molar-refractivity contribution in [3.8, 4) is 0 Å². The third-order valence-electron chi connectivity index (χ3n) is 5.67. The topological polar surface area (TPSA) is 115 Å². The van der Waals surface area contributed by atoms with Gasteiger partial charge in [0.05, 0.1) is 5.69 Å². The number of hydrogen-bond donors (Lipinski definition) is 1. The molecule has 0 aliphatic rings. The minimum Gasteiger partial charge on any atom is -0.349 e. The monoisotopic (exact) mass is 497 g/mol. The van der Waals surface area contributed by atoms with Gasteiger partial charge < -0.3 is 5.32 Å². The Labute approximate surface area is 216 Å². The molecule has 3 rings (SSSR count). The molecule has 1 N–H and O–H groups in total. The summed E-state index contributed by atoms with van der Waals surface area (Å²) in [6.45, 7) is 6.94. The zero-order chi connectivity index (χ0) is 27.0. The van der Waals surface area contributed by atoms with Crippen LogP contribution < -0.4 is 10.2 Å². The normalized spacial score (nSPS) is 11.7. The molecule has 3 aromatic rings. The molecule has 0 aliphatic carbocycles. The fourth-order valence-electron chi connectivity index (χ4n) is 4.11. The van der Waals surface area contributed by atoms with E-state index in [0.717, 1.165) is 5.56 Å². The molecule has 1 unspecified atom stereocenters. The van der Waals surface area contributed by atoms with Gasteiger partial charge in [-0.25, -0.2) is 0 Å². The maximum Gasteiger partial charge on any atom is 0.248 e. The van der Waals surface area contributed by atoms with E-state index in [2.05, 4.69) is 15.3 Å². The number of benzene rings is 3. The van der Waals surface area contributed by atoms with E-state index in [1.54, 1.807) is 48.5 Å². The van der Waals surface area contributed by atoms with Crippen LogP contribution in [0.3, 0.4) is 0 Å². The van der Waals surface area contributed by atoms with Crippen LogP contribution >= 0.6 is 0 Å². The second-order valence-electron chi connectivity index (χ2n) is 9.71. The third-order valence-corrected chi connectivity index (χ3v) is 5.67. The number of hydrogen-bond acceptors (Lipinski definition) is 4. The molecule has 2 amide bonds. The lowest BCUT2D eigenvalue weighted by atomic mass is 9.97. The van der Waals surface area contributed by atoms with Gasteiger partial charge in [0.1, 0.15) is 6.04 Å². The first-order valence-electron chi connectivity index (χ1n) is 12.0. The minimum absolute atomic E-state index is 0.0965. The first kappa shape index (κ1) is 27.2. The summed E-state index contributed by atoms with van der Waals surface area (Å²) in [5.74, 6) is -1.04. The van der Waals surface area contributed by atoms with Gasteiger partial charge in [-0.1, -0.05) is 71.8 Å². The number of aryl methyl sites for hydroxylation is 1. The SMILES string of the molecule is CC(=O)c1ccccc1N(C(=O)CCc1ccccc1)C(C(=O)NC(C)(C)C)c1ccccc1N=[N+]=[N-]. The van der Waals surface area contributed by atoms with Gasteiger partial charge in [0, 0.05) is 28.1 Å². The van der Waals surface area contributed by atoms with Crippen LogP contribution in [0.1, 0.15) is 61.6 Å². The molecule has 1 atom stereocenters. The van der Waals surface area contributed by atoms with Crippen LogP contribution in [0.5, 0.6) is 0 Å². The van der Waals surface area contributed by atoms with Crippen LogP contribution in [0.25, 0.3) is 10.4 Å². The van der Waals surface area contributed by atoms with E-state index >= 15 is 0 Å². The Hall–Kier alpha value is -4.42. The van der Waals surface area contributed by atoms with Crippen molar-refractivity contribution in [1.82, 2.24) is 5.32 Å². The number of amides is 2. The highest BCUT2D eigenvalue weighted by molar-refractivity contribution is 6.08. The lowest BCUT2D eigenvalue weighted by molar-refractivity contribution is -0.127. The number of ketones is 1. The molecule has 0 saturated heterocycles. The van der Waals surface area contributed by atoms with Crippen LogP contribution in [-0.4, -0.2) is 23.1 Å². The number of carbonyl (C=O) groups excluding carboxylic acids is 3. The van der Waals surface area contributed by atoms with Gasteiger partial charge in [-0.05, 0) is 62.9 Å². The van der Waals surface area contributed by atoms with Crippen LogP contribution in [0.4, 0.5) is 11.4 Å². The van der Waals surface area contributed by atoms with E-state index in [-0.39, 0.29) is 23.8 Å². The lowest BCUT2D eigenvalue weighted by Gasteiger charge is -2.35. The average Bonchev–Trinajstić information content (AvgIpc) is 2.86. The Morgan fingerprint density at radius 1 is 0.946 bits per heavy atom. The molecule has 0 heterocycles. The quantitative estimate of drug-likeness (QED) is 0.158. The molecule has 0 fully saturated rings. The Balaban J connectivity index is 2.22. The number of para-hydroxylation sites is 1. The van der Waals surface area contributed by atoms with Crippen molar-refractivity contribution in [3.63, 3.8) is 0 Å². The number of azide groups is 1. The summed E-state index contributed by atoms with van der Waals surface area (Å²) >= 11 is 0. The van der Waals surface area contributed by atoms with Gasteiger partial charge in [-0.2, -0.15) is 0 Å². The molecule has 0 radical (unpaired) electrons. The van der Waals surface area contributed by atoms with E-state index in [9.17, 15) is 19.9 Å². The molecule has 8 nitrogen and oxygen atoms in total. The van der Waals surface area contributed by atoms with Crippen molar-refractivity contribution in [3.05, 3.63) is 106 Å². The molecule has 0 bridgehead atoms. The van der Waals surface area contributed by atoms with Gasteiger partial charge in [0.25, 0.3) is 0 Å². The number of anilines is 1. The van der Waals surface area contributed by atoms with Crippen LogP contribution in [0.2, 0.25) is 0 Å². The fraction of sp³-hybridized carbons (Fsp3) is 0.276. The first-order valence-corrected chi connectivity index (χ1v) is 12.0. The summed E-state index contributed by atoms with van der Waals surface area (Å²) in [7, 11) is 0. The number of nitrogens with one attached hydrogen (secondary N) is 1. The smallest absolute Gasteiger partial charge is 0.248 e. The van der Waals surface area contributed by atoms with Gasteiger partial charge in [0.2, 0.25) is 11.8 Å². The fourth-order valence-corrected chi connectivity index (χ4v) is 4.11. The number of rotatable bonds is 9. The summed E-state index contributed by atoms with van der Waals surface area (Å²) in [6, 6.07) is 21.8. The summed E-state index contributed by atoms with van der Waals surface area (Å²) in [5, 5.41) is 6.75. The lowest BCUT2D eigenvalue weighted by Crippen LogP contribution is -2.49. The van der Waals surface area contributed by atoms with Crippen LogP contribution in [0.15, 0.2) is 84.0 Å². The maximum absolute atomic E-state index is 14.0. The Kier molecular flexibility index (Phi) is 8.82. The van der Waals surface area contributed by atoms with Crippen molar-refractivity contribution in [2.45, 2.75) is 52.1 Å². The molecule has 0 aliphatic heterocycles. The predicted octanol–water partition coefficient (Wildman–Crippen LogP) is 6.45. The molecule has 8 heteroatoms. The van der Waals surface area contributed by atoms with Crippen molar-refractivity contribution in [2.75, 3.05) is 4.90 Å². The Morgan fingerprint density at radius 2 is 1.57 bits per heavy atom. The van der Waals surface area contributed by atoms with E-state index in [4.69, 9.17) is 0 Å². The molecule has 190 valence electrons. The molecule has 3 aromatic carbocycles. The first-order chi connectivity index (χ1) is 17.6. The third kappa shape index (κ3) is 7.06. The van der Waals surface area contributed by atoms with Crippen molar-refractivity contribution < 1.29 is 14.4 Å². The molecule has 0 aromatic heterocycles. The second kappa shape index (κ2) is 12.0. The van der Waals surface area contributed by atoms with Gasteiger partial charge in [-0.3, -0.25) is 19.3 Å². The summed E-state index contributed by atoms with van der Waals surface area (Å²) in [5.41, 5.74) is 10.7. The van der Waals surface area contributed by atoms with Crippen LogP contribution in [0, 0.1) is 0 Å². The number of nitrogens with zero attached hydrogens (tertiary/aromatic N) is 4. The zero-order valence-corrected chi connectivity index (χ0v) is 21.5. The summed E-state index contributed by atoms with van der Waals surface area (Å²) in [4.78, 5) is 44.7. The molecule has 37 heavy (non-hydrogen) atoms. The van der Waals surface area contributed by atoms with E-state index < -0.39 is 17.5 Å². The van der Waals surface area contributed by atoms with E-state index in [1.807, 2.05) is 51.1 Å². The van der Waals surface area contributed by atoms with Crippen molar-refractivity contribution >= 4 is 29.0 Å². The Bertz CT molecular complexity index is 1320. The van der Waals surface area contributed by atoms with Crippen molar-refractivity contribution in [1.29, 1.82) is 0 Å². The summed E-state index contributed by atoms with van der Waals surface area (Å²) < 4.78 is 0. The van der Waals surface area contributed by atoms with Crippen molar-refractivity contribution in [2.24, 2.45) is 5.11 Å². The Morgan fingerprint density at radius 3 is 2.22 bits per heavy atom. The van der Waals surface area contributed by atoms with Gasteiger partial charge in [0.15, 0.2) is 5.78 Å². The molecule has 0 saturated carbocycles. The maximum atomic E-state index is 14.0. The molecular weight excluding hydrogens is 466 g/mol. The minimum atomic E-state index is -1.19. The summed E-state index contributed by atoms with van der Waals surface area (Å²) in [6.07, 6.45) is 0.545. The highest BCUT2D eigenvalue weighted by atomic mass is 16.2. The predicted molar refractivity (Wildman–Crippen MR) is 145 cm³/mol. The average molecular weight is 498 g/mol. The van der Waals surface area contributed by atoms with Gasteiger partial charge >= 0.3 is 0 Å². The molecule has 0 spiro atoms. The standard InChI is InChI=1S/C29H31N5O3/c1-20(35)22-14-9-11-17-25(22)34(26(36)19-18-21-12-6-5-7-13-21)27(28(37)31-29(2,3)4)23-15-8-10-16-24(23)32-33-30/h5-17,27H,18-19H2,1-4H3,(H,31,37). The highest BCUT2D eigenvalue weighted by Gasteiger charge is 2.36.